The third kappa shape index (κ3) is 3.35. The summed E-state index contributed by atoms with van der Waals surface area (Å²) < 4.78 is 5.27. The summed E-state index contributed by atoms with van der Waals surface area (Å²) >= 11 is 0. The Hall–Kier alpha value is -0.770. The summed E-state index contributed by atoms with van der Waals surface area (Å²) in [5, 5.41) is 3.55. The highest BCUT2D eigenvalue weighted by molar-refractivity contribution is 5.67. The second-order valence-electron chi connectivity index (χ2n) is 5.17. The molecule has 0 radical (unpaired) electrons. The molecule has 2 aliphatic rings. The second kappa shape index (κ2) is 6.24. The molecule has 2 heterocycles. The maximum atomic E-state index is 11.8. The molecule has 17 heavy (non-hydrogen) atoms. The number of amides is 1. The summed E-state index contributed by atoms with van der Waals surface area (Å²) in [6.07, 6.45) is 5.49. The number of unbranched alkanes of at least 4 members (excludes halogenated alkanes) is 1. The Morgan fingerprint density at radius 1 is 1.47 bits per heavy atom. The van der Waals surface area contributed by atoms with Gasteiger partial charge in [0.05, 0.1) is 6.61 Å². The molecule has 4 nitrogen and oxygen atoms in total. The van der Waals surface area contributed by atoms with E-state index in [0.717, 1.165) is 38.9 Å². The molecule has 2 rings (SSSR count). The summed E-state index contributed by atoms with van der Waals surface area (Å²) in [4.78, 5) is 13.7. The molecule has 0 aromatic rings. The van der Waals surface area contributed by atoms with Crippen LogP contribution in [-0.2, 0) is 4.74 Å². The number of hydrogen-bond acceptors (Lipinski definition) is 3. The summed E-state index contributed by atoms with van der Waals surface area (Å²) in [7, 11) is 0. The van der Waals surface area contributed by atoms with Crippen LogP contribution in [0.3, 0.4) is 0 Å². The molecule has 0 aliphatic carbocycles. The van der Waals surface area contributed by atoms with Gasteiger partial charge < -0.3 is 15.0 Å². The van der Waals surface area contributed by atoms with Gasteiger partial charge in [-0.1, -0.05) is 13.3 Å². The Morgan fingerprint density at radius 3 is 3.18 bits per heavy atom. The number of piperidine rings is 2. The van der Waals surface area contributed by atoms with Gasteiger partial charge in [-0.15, -0.1) is 0 Å². The van der Waals surface area contributed by atoms with Gasteiger partial charge in [-0.05, 0) is 38.1 Å². The van der Waals surface area contributed by atoms with Gasteiger partial charge in [-0.2, -0.15) is 0 Å². The largest absolute Gasteiger partial charge is 0.449 e. The number of carbonyl (C=O) groups excluding carboxylic acids is 1. The second-order valence-corrected chi connectivity index (χ2v) is 5.17. The van der Waals surface area contributed by atoms with Gasteiger partial charge in [0.1, 0.15) is 0 Å². The van der Waals surface area contributed by atoms with Crippen LogP contribution in [0.4, 0.5) is 4.79 Å². The number of carbonyl (C=O) groups is 1. The van der Waals surface area contributed by atoms with Crippen molar-refractivity contribution in [1.82, 2.24) is 10.2 Å². The van der Waals surface area contributed by atoms with Crippen LogP contribution in [0.2, 0.25) is 0 Å². The lowest BCUT2D eigenvalue weighted by molar-refractivity contribution is 0.0675. The number of nitrogens with zero attached hydrogens (tertiary/aromatic N) is 1. The standard InChI is InChI=1S/C13H24N2O2/c1-2-3-9-17-13(16)15-8-6-12-11(10-15)5-4-7-14-12/h11-12,14H,2-10H2,1H3/t11-,12-/m0/s1. The van der Waals surface area contributed by atoms with Crippen LogP contribution in [0.1, 0.15) is 39.0 Å². The molecule has 0 saturated carbocycles. The first kappa shape index (κ1) is 12.7. The third-order valence-electron chi connectivity index (χ3n) is 3.87. The number of fused-ring (bicyclic) bond motifs is 1. The zero-order chi connectivity index (χ0) is 12.1. The van der Waals surface area contributed by atoms with Gasteiger partial charge >= 0.3 is 6.09 Å². The van der Waals surface area contributed by atoms with E-state index >= 15 is 0 Å². The highest BCUT2D eigenvalue weighted by atomic mass is 16.6. The minimum Gasteiger partial charge on any atom is -0.449 e. The van der Waals surface area contributed by atoms with E-state index in [1.807, 2.05) is 4.90 Å². The number of hydrogen-bond donors (Lipinski definition) is 1. The van der Waals surface area contributed by atoms with Crippen LogP contribution in [0.25, 0.3) is 0 Å². The van der Waals surface area contributed by atoms with Crippen molar-refractivity contribution >= 4 is 6.09 Å². The molecule has 0 unspecified atom stereocenters. The summed E-state index contributed by atoms with van der Waals surface area (Å²) in [5.41, 5.74) is 0. The molecule has 1 N–H and O–H groups in total. The minimum atomic E-state index is -0.109. The lowest BCUT2D eigenvalue weighted by Gasteiger charge is -2.41. The molecule has 2 fully saturated rings. The number of ether oxygens (including phenoxy) is 1. The van der Waals surface area contributed by atoms with E-state index in [-0.39, 0.29) is 6.09 Å². The van der Waals surface area contributed by atoms with Crippen LogP contribution in [0, 0.1) is 5.92 Å². The molecule has 2 saturated heterocycles. The van der Waals surface area contributed by atoms with Crippen LogP contribution in [-0.4, -0.2) is 43.3 Å². The van der Waals surface area contributed by atoms with Crippen molar-refractivity contribution in [2.75, 3.05) is 26.2 Å². The SMILES string of the molecule is CCCCOC(=O)N1CC[C@@H]2NCCC[C@H]2C1. The van der Waals surface area contributed by atoms with E-state index in [1.165, 1.54) is 12.8 Å². The van der Waals surface area contributed by atoms with Crippen molar-refractivity contribution in [1.29, 1.82) is 0 Å². The van der Waals surface area contributed by atoms with Crippen molar-refractivity contribution in [2.24, 2.45) is 5.92 Å². The highest BCUT2D eigenvalue weighted by Gasteiger charge is 2.33. The highest BCUT2D eigenvalue weighted by Crippen LogP contribution is 2.25. The van der Waals surface area contributed by atoms with Crippen molar-refractivity contribution < 1.29 is 9.53 Å². The Labute approximate surface area is 104 Å². The normalized spacial score (nSPS) is 28.6. The van der Waals surface area contributed by atoms with Crippen molar-refractivity contribution in [3.8, 4) is 0 Å². The Morgan fingerprint density at radius 2 is 2.35 bits per heavy atom. The van der Waals surface area contributed by atoms with E-state index in [1.54, 1.807) is 0 Å². The maximum absolute atomic E-state index is 11.8. The topological polar surface area (TPSA) is 41.6 Å². The predicted octanol–water partition coefficient (Wildman–Crippen LogP) is 2.00. The van der Waals surface area contributed by atoms with E-state index in [9.17, 15) is 4.79 Å². The first-order valence-corrected chi connectivity index (χ1v) is 6.96. The lowest BCUT2D eigenvalue weighted by Crippen LogP contribution is -2.53. The molecule has 0 spiro atoms. The smallest absolute Gasteiger partial charge is 0.409 e. The molecule has 2 atom stereocenters. The number of nitrogens with one attached hydrogen (secondary N) is 1. The van der Waals surface area contributed by atoms with Crippen molar-refractivity contribution in [3.05, 3.63) is 0 Å². The molecule has 0 bridgehead atoms. The zero-order valence-corrected chi connectivity index (χ0v) is 10.8. The number of rotatable bonds is 3. The fourth-order valence-electron chi connectivity index (χ4n) is 2.81. The van der Waals surface area contributed by atoms with Gasteiger partial charge in [0.15, 0.2) is 0 Å². The fourth-order valence-corrected chi connectivity index (χ4v) is 2.81. The zero-order valence-electron chi connectivity index (χ0n) is 10.8. The molecule has 2 aliphatic heterocycles. The monoisotopic (exact) mass is 240 g/mol. The van der Waals surface area contributed by atoms with Gasteiger partial charge in [0.2, 0.25) is 0 Å². The predicted molar refractivity (Wildman–Crippen MR) is 67.0 cm³/mol. The Bertz CT molecular complexity index is 258. The van der Waals surface area contributed by atoms with Crippen LogP contribution >= 0.6 is 0 Å². The lowest BCUT2D eigenvalue weighted by atomic mass is 9.85. The molecular weight excluding hydrogens is 216 g/mol. The van der Waals surface area contributed by atoms with E-state index in [4.69, 9.17) is 4.74 Å². The average Bonchev–Trinajstić information content (AvgIpc) is 2.38. The Kier molecular flexibility index (Phi) is 4.66. The van der Waals surface area contributed by atoms with Crippen LogP contribution < -0.4 is 5.32 Å². The van der Waals surface area contributed by atoms with E-state index < -0.39 is 0 Å². The van der Waals surface area contributed by atoms with Gasteiger partial charge in [-0.3, -0.25) is 0 Å². The van der Waals surface area contributed by atoms with E-state index in [2.05, 4.69) is 12.2 Å². The fraction of sp³-hybridized carbons (Fsp3) is 0.923. The molecule has 0 aromatic carbocycles. The number of likely N-dealkylation sites (tertiary alicyclic amines) is 1. The molecule has 4 heteroatoms. The van der Waals surface area contributed by atoms with Crippen molar-refractivity contribution in [3.63, 3.8) is 0 Å². The first-order valence-electron chi connectivity index (χ1n) is 6.96. The molecule has 98 valence electrons. The van der Waals surface area contributed by atoms with Crippen molar-refractivity contribution in [2.45, 2.75) is 45.1 Å². The summed E-state index contributed by atoms with van der Waals surface area (Å²) in [6, 6.07) is 0.628. The maximum Gasteiger partial charge on any atom is 0.409 e. The van der Waals surface area contributed by atoms with Gasteiger partial charge in [0, 0.05) is 19.1 Å². The summed E-state index contributed by atoms with van der Waals surface area (Å²) in [5.74, 6) is 0.635. The molecular formula is C13H24N2O2. The first-order chi connectivity index (χ1) is 8.31. The average molecular weight is 240 g/mol. The summed E-state index contributed by atoms with van der Waals surface area (Å²) in [6.45, 7) is 5.54. The van der Waals surface area contributed by atoms with E-state index in [0.29, 0.717) is 18.6 Å². The third-order valence-corrected chi connectivity index (χ3v) is 3.87. The van der Waals surface area contributed by atoms with Gasteiger partial charge in [0.25, 0.3) is 0 Å². The van der Waals surface area contributed by atoms with Gasteiger partial charge in [-0.25, -0.2) is 4.79 Å². The van der Waals surface area contributed by atoms with Crippen LogP contribution in [0.5, 0.6) is 0 Å². The molecule has 1 amide bonds. The quantitative estimate of drug-likeness (QED) is 0.767. The van der Waals surface area contributed by atoms with Crippen LogP contribution in [0.15, 0.2) is 0 Å². The molecule has 0 aromatic heterocycles. The Balaban J connectivity index is 1.76. The minimum absolute atomic E-state index is 0.109.